The van der Waals surface area contributed by atoms with Crippen LogP contribution in [0.15, 0.2) is 4.99 Å². The first-order valence-electron chi connectivity index (χ1n) is 5.97. The molecule has 1 fully saturated rings. The number of ether oxygens (including phenoxy) is 1. The molecule has 1 unspecified atom stereocenters. The summed E-state index contributed by atoms with van der Waals surface area (Å²) in [5.74, 6) is 0.883. The van der Waals surface area contributed by atoms with Gasteiger partial charge in [0, 0.05) is 26.7 Å². The second kappa shape index (κ2) is 7.41. The zero-order chi connectivity index (χ0) is 12.2. The van der Waals surface area contributed by atoms with Gasteiger partial charge in [-0.05, 0) is 18.3 Å². The second-order valence-corrected chi connectivity index (χ2v) is 5.46. The van der Waals surface area contributed by atoms with Gasteiger partial charge < -0.3 is 15.4 Å². The molecule has 17 heavy (non-hydrogen) atoms. The molecule has 0 bridgehead atoms. The second-order valence-electron chi connectivity index (χ2n) is 5.46. The molecule has 0 aromatic rings. The lowest BCUT2D eigenvalue weighted by atomic mass is 9.89. The minimum Gasteiger partial charge on any atom is -0.379 e. The van der Waals surface area contributed by atoms with Gasteiger partial charge in [0.2, 0.25) is 0 Å². The van der Waals surface area contributed by atoms with Crippen molar-refractivity contribution in [2.45, 2.75) is 45.8 Å². The van der Waals surface area contributed by atoms with E-state index in [1.165, 1.54) is 12.8 Å². The number of rotatable bonds is 4. The average Bonchev–Trinajstić information content (AvgIpc) is 2.98. The number of methoxy groups -OCH3 is 1. The maximum absolute atomic E-state index is 5.48. The van der Waals surface area contributed by atoms with Crippen LogP contribution in [0.2, 0.25) is 0 Å². The summed E-state index contributed by atoms with van der Waals surface area (Å²) in [6.45, 7) is 7.33. The quantitative estimate of drug-likeness (QED) is 0.461. The number of halogens is 1. The largest absolute Gasteiger partial charge is 0.379 e. The molecule has 0 spiro atoms. The predicted molar refractivity (Wildman–Crippen MR) is 83.2 cm³/mol. The molecule has 0 amide bonds. The van der Waals surface area contributed by atoms with E-state index < -0.39 is 0 Å². The lowest BCUT2D eigenvalue weighted by Crippen LogP contribution is -2.45. The molecule has 1 rings (SSSR count). The van der Waals surface area contributed by atoms with Gasteiger partial charge in [-0.25, -0.2) is 0 Å². The molecule has 1 atom stereocenters. The molecule has 1 aliphatic rings. The van der Waals surface area contributed by atoms with Crippen LogP contribution in [0.4, 0.5) is 0 Å². The first kappa shape index (κ1) is 17.0. The van der Waals surface area contributed by atoms with Crippen LogP contribution in [0.3, 0.4) is 0 Å². The highest BCUT2D eigenvalue weighted by Gasteiger charge is 2.26. The minimum atomic E-state index is 0. The van der Waals surface area contributed by atoms with E-state index in [4.69, 9.17) is 4.74 Å². The highest BCUT2D eigenvalue weighted by molar-refractivity contribution is 14.0. The molecule has 0 saturated heterocycles. The number of guanidine groups is 1. The fourth-order valence-corrected chi connectivity index (χ4v) is 1.55. The summed E-state index contributed by atoms with van der Waals surface area (Å²) in [5, 5.41) is 6.67. The van der Waals surface area contributed by atoms with Gasteiger partial charge in [-0.15, -0.1) is 24.0 Å². The van der Waals surface area contributed by atoms with Gasteiger partial charge in [0.15, 0.2) is 5.96 Å². The maximum Gasteiger partial charge on any atom is 0.191 e. The molecule has 0 heterocycles. The Labute approximate surface area is 122 Å². The van der Waals surface area contributed by atoms with Crippen molar-refractivity contribution >= 4 is 29.9 Å². The molecule has 5 heteroatoms. The van der Waals surface area contributed by atoms with Gasteiger partial charge in [0.1, 0.15) is 0 Å². The summed E-state index contributed by atoms with van der Waals surface area (Å²) in [6, 6.07) is 0.627. The number of hydrogen-bond donors (Lipinski definition) is 2. The smallest absolute Gasteiger partial charge is 0.191 e. The maximum atomic E-state index is 5.48. The molecular formula is C12H26IN3O. The number of aliphatic imine (C=N–C) groups is 1. The van der Waals surface area contributed by atoms with Gasteiger partial charge in [0.25, 0.3) is 0 Å². The Morgan fingerprint density at radius 1 is 1.41 bits per heavy atom. The molecule has 1 saturated carbocycles. The van der Waals surface area contributed by atoms with Gasteiger partial charge in [-0.2, -0.15) is 0 Å². The molecular weight excluding hydrogens is 329 g/mol. The van der Waals surface area contributed by atoms with Crippen molar-refractivity contribution in [3.05, 3.63) is 0 Å². The Bertz CT molecular complexity index is 247. The summed E-state index contributed by atoms with van der Waals surface area (Å²) in [5.41, 5.74) is 0.139. The summed E-state index contributed by atoms with van der Waals surface area (Å²) in [4.78, 5) is 4.20. The minimum absolute atomic E-state index is 0. The lowest BCUT2D eigenvalue weighted by molar-refractivity contribution is 0.0205. The van der Waals surface area contributed by atoms with E-state index in [1.54, 1.807) is 14.2 Å². The summed E-state index contributed by atoms with van der Waals surface area (Å²) in [6.07, 6.45) is 2.70. The van der Waals surface area contributed by atoms with Crippen molar-refractivity contribution in [3.63, 3.8) is 0 Å². The number of nitrogens with zero attached hydrogens (tertiary/aromatic N) is 1. The highest BCUT2D eigenvalue weighted by Crippen LogP contribution is 2.21. The van der Waals surface area contributed by atoms with Crippen LogP contribution in [0, 0.1) is 5.41 Å². The number of hydrogen-bond acceptors (Lipinski definition) is 2. The van der Waals surface area contributed by atoms with E-state index in [9.17, 15) is 0 Å². The Balaban J connectivity index is 0.00000256. The van der Waals surface area contributed by atoms with Crippen molar-refractivity contribution < 1.29 is 4.74 Å². The van der Waals surface area contributed by atoms with Crippen LogP contribution < -0.4 is 10.6 Å². The zero-order valence-electron chi connectivity index (χ0n) is 11.5. The normalized spacial score (nSPS) is 18.3. The van der Waals surface area contributed by atoms with Crippen LogP contribution in [0.1, 0.15) is 33.6 Å². The van der Waals surface area contributed by atoms with Gasteiger partial charge >= 0.3 is 0 Å². The first-order valence-corrected chi connectivity index (χ1v) is 5.97. The van der Waals surface area contributed by atoms with E-state index in [0.717, 1.165) is 12.5 Å². The summed E-state index contributed by atoms with van der Waals surface area (Å²) >= 11 is 0. The molecule has 0 aromatic heterocycles. The van der Waals surface area contributed by atoms with Gasteiger partial charge in [-0.1, -0.05) is 20.8 Å². The molecule has 4 nitrogen and oxygen atoms in total. The zero-order valence-corrected chi connectivity index (χ0v) is 13.9. The van der Waals surface area contributed by atoms with E-state index in [1.807, 2.05) is 0 Å². The Hall–Kier alpha value is -0.0400. The SMILES string of the molecule is CN=C(NCC(OC)C(C)(C)C)NC1CC1.I. The standard InChI is InChI=1S/C12H25N3O.HI/c1-12(2,3)10(16-5)8-14-11(13-4)15-9-6-7-9;/h9-10H,6-8H2,1-5H3,(H2,13,14,15);1H. The number of nitrogens with one attached hydrogen (secondary N) is 2. The monoisotopic (exact) mass is 355 g/mol. The van der Waals surface area contributed by atoms with E-state index >= 15 is 0 Å². The predicted octanol–water partition coefficient (Wildman–Crippen LogP) is 1.99. The van der Waals surface area contributed by atoms with Crippen LogP contribution >= 0.6 is 24.0 Å². The molecule has 102 valence electrons. The topological polar surface area (TPSA) is 45.7 Å². The third-order valence-electron chi connectivity index (χ3n) is 2.85. The van der Waals surface area contributed by atoms with Crippen molar-refractivity contribution in [1.82, 2.24) is 10.6 Å². The Morgan fingerprint density at radius 2 is 2.00 bits per heavy atom. The first-order chi connectivity index (χ1) is 7.47. The Morgan fingerprint density at radius 3 is 2.35 bits per heavy atom. The lowest BCUT2D eigenvalue weighted by Gasteiger charge is -2.30. The van der Waals surface area contributed by atoms with E-state index in [2.05, 4.69) is 36.4 Å². The van der Waals surface area contributed by atoms with E-state index in [0.29, 0.717) is 6.04 Å². The summed E-state index contributed by atoms with van der Waals surface area (Å²) in [7, 11) is 3.56. The molecule has 2 N–H and O–H groups in total. The average molecular weight is 355 g/mol. The molecule has 1 aliphatic carbocycles. The fourth-order valence-electron chi connectivity index (χ4n) is 1.55. The highest BCUT2D eigenvalue weighted by atomic mass is 127. The third-order valence-corrected chi connectivity index (χ3v) is 2.85. The van der Waals surface area contributed by atoms with Crippen LogP contribution in [0.5, 0.6) is 0 Å². The summed E-state index contributed by atoms with van der Waals surface area (Å²) < 4.78 is 5.48. The Kier molecular flexibility index (Phi) is 7.39. The van der Waals surface area contributed by atoms with Crippen molar-refractivity contribution in [3.8, 4) is 0 Å². The van der Waals surface area contributed by atoms with Crippen molar-refractivity contribution in [2.24, 2.45) is 10.4 Å². The van der Waals surface area contributed by atoms with Crippen LogP contribution in [-0.4, -0.2) is 38.8 Å². The van der Waals surface area contributed by atoms with Crippen LogP contribution in [-0.2, 0) is 4.74 Å². The van der Waals surface area contributed by atoms with E-state index in [-0.39, 0.29) is 35.5 Å². The molecule has 0 aliphatic heterocycles. The third kappa shape index (κ3) is 6.45. The van der Waals surface area contributed by atoms with Gasteiger partial charge in [0.05, 0.1) is 6.10 Å². The van der Waals surface area contributed by atoms with Crippen molar-refractivity contribution in [1.29, 1.82) is 0 Å². The molecule has 0 radical (unpaired) electrons. The van der Waals surface area contributed by atoms with Crippen LogP contribution in [0.25, 0.3) is 0 Å². The molecule has 0 aromatic carbocycles. The van der Waals surface area contributed by atoms with Crippen molar-refractivity contribution in [2.75, 3.05) is 20.7 Å². The fraction of sp³-hybridized carbons (Fsp3) is 0.917. The van der Waals surface area contributed by atoms with Gasteiger partial charge in [-0.3, -0.25) is 4.99 Å².